The number of hydrogen-bond acceptors (Lipinski definition) is 6. The highest BCUT2D eigenvalue weighted by atomic mass is 16.5. The van der Waals surface area contributed by atoms with Crippen molar-refractivity contribution in [2.45, 2.75) is 26.8 Å². The summed E-state index contributed by atoms with van der Waals surface area (Å²) in [6, 6.07) is 17.6. The van der Waals surface area contributed by atoms with Crippen LogP contribution in [0.2, 0.25) is 0 Å². The molecule has 0 saturated heterocycles. The van der Waals surface area contributed by atoms with Gasteiger partial charge in [-0.3, -0.25) is 9.59 Å². The van der Waals surface area contributed by atoms with Crippen LogP contribution in [0.1, 0.15) is 46.7 Å². The monoisotopic (exact) mass is 481 g/mol. The minimum atomic E-state index is -0.453. The Hall–Kier alpha value is -3.91. The van der Waals surface area contributed by atoms with Gasteiger partial charge in [-0.05, 0) is 62.1 Å². The van der Waals surface area contributed by atoms with Gasteiger partial charge in [0.25, 0.3) is 11.8 Å². The summed E-state index contributed by atoms with van der Waals surface area (Å²) >= 11 is 0. The van der Waals surface area contributed by atoms with Crippen molar-refractivity contribution in [2.75, 3.05) is 27.7 Å². The lowest BCUT2D eigenvalue weighted by molar-refractivity contribution is -0.107. The lowest BCUT2D eigenvalue weighted by Crippen LogP contribution is -2.24. The van der Waals surface area contributed by atoms with Crippen molar-refractivity contribution >= 4 is 18.1 Å². The molecule has 0 unspecified atom stereocenters. The predicted octanol–water partition coefficient (Wildman–Crippen LogP) is 4.07. The first-order valence-corrected chi connectivity index (χ1v) is 11.4. The first-order chi connectivity index (χ1) is 16.9. The Morgan fingerprint density at radius 3 is 2.20 bits per heavy atom. The van der Waals surface area contributed by atoms with Crippen LogP contribution in [0.4, 0.5) is 0 Å². The van der Waals surface area contributed by atoms with Crippen LogP contribution in [0.15, 0.2) is 65.1 Å². The molecule has 0 spiro atoms. The molecule has 8 nitrogen and oxygen atoms in total. The van der Waals surface area contributed by atoms with Crippen LogP contribution in [0.5, 0.6) is 5.75 Å². The number of nitrogens with one attached hydrogen (secondary N) is 3. The molecule has 2 aromatic carbocycles. The summed E-state index contributed by atoms with van der Waals surface area (Å²) in [6.45, 7) is 4.52. The highest BCUT2D eigenvalue weighted by Crippen LogP contribution is 2.23. The summed E-state index contributed by atoms with van der Waals surface area (Å²) in [7, 11) is 5.32. The van der Waals surface area contributed by atoms with E-state index in [4.69, 9.17) is 9.15 Å². The molecule has 0 radical (unpaired) electrons. The van der Waals surface area contributed by atoms with E-state index >= 15 is 0 Å². The number of carbonyl (C=O) groups excluding carboxylic acids is 3. The Morgan fingerprint density at radius 2 is 1.60 bits per heavy atom. The van der Waals surface area contributed by atoms with Crippen molar-refractivity contribution in [3.8, 4) is 17.1 Å². The van der Waals surface area contributed by atoms with Crippen molar-refractivity contribution in [3.63, 3.8) is 0 Å². The molecule has 35 heavy (non-hydrogen) atoms. The van der Waals surface area contributed by atoms with Gasteiger partial charge in [-0.25, -0.2) is 0 Å². The third kappa shape index (κ3) is 10.3. The topological polar surface area (TPSA) is 110 Å². The van der Waals surface area contributed by atoms with Crippen LogP contribution >= 0.6 is 0 Å². The molecule has 188 valence electrons. The van der Waals surface area contributed by atoms with Crippen LogP contribution in [0.3, 0.4) is 0 Å². The van der Waals surface area contributed by atoms with E-state index in [1.54, 1.807) is 43.5 Å². The molecule has 3 aromatic rings. The molecule has 2 amide bonds. The Bertz CT molecular complexity index is 1040. The van der Waals surface area contributed by atoms with Crippen molar-refractivity contribution in [1.82, 2.24) is 16.0 Å². The number of amides is 2. The zero-order valence-corrected chi connectivity index (χ0v) is 21.0. The molecule has 0 bridgehead atoms. The molecule has 8 heteroatoms. The highest BCUT2D eigenvalue weighted by Gasteiger charge is 2.12. The van der Waals surface area contributed by atoms with E-state index in [2.05, 4.69) is 29.8 Å². The van der Waals surface area contributed by atoms with Gasteiger partial charge in [0.1, 0.15) is 17.8 Å². The number of benzene rings is 2. The van der Waals surface area contributed by atoms with Crippen LogP contribution in [-0.4, -0.2) is 45.9 Å². The molecule has 0 aliphatic carbocycles. The number of ether oxygens (including phenoxy) is 1. The second-order valence-corrected chi connectivity index (χ2v) is 7.36. The van der Waals surface area contributed by atoms with Gasteiger partial charge in [0, 0.05) is 17.7 Å². The molecular formula is C27H35N3O5. The average Bonchev–Trinajstić information content (AvgIpc) is 3.38. The summed E-state index contributed by atoms with van der Waals surface area (Å²) in [6.07, 6.45) is 1.85. The van der Waals surface area contributed by atoms with Gasteiger partial charge in [0.15, 0.2) is 5.76 Å². The average molecular weight is 482 g/mol. The zero-order chi connectivity index (χ0) is 26.1. The first-order valence-electron chi connectivity index (χ1n) is 11.4. The van der Waals surface area contributed by atoms with Crippen molar-refractivity contribution < 1.29 is 23.5 Å². The highest BCUT2D eigenvalue weighted by molar-refractivity contribution is 5.94. The molecule has 0 fully saturated rings. The second-order valence-electron chi connectivity index (χ2n) is 7.36. The van der Waals surface area contributed by atoms with Gasteiger partial charge in [-0.2, -0.15) is 0 Å². The van der Waals surface area contributed by atoms with Crippen molar-refractivity contribution in [3.05, 3.63) is 77.6 Å². The normalized spacial score (nSPS) is 9.51. The Labute approximate surface area is 207 Å². The molecule has 0 atom stereocenters. The first kappa shape index (κ1) is 29.1. The SMILES string of the molecule is CCC.CNC.COc1ccc(C(=O)NCc2cccc(-c3ccc(C(=O)NCC=O)o3)c2)cc1. The Balaban J connectivity index is 0.000000926. The van der Waals surface area contributed by atoms with Gasteiger partial charge in [0.2, 0.25) is 0 Å². The smallest absolute Gasteiger partial charge is 0.287 e. The summed E-state index contributed by atoms with van der Waals surface area (Å²) in [4.78, 5) is 34.5. The minimum absolute atomic E-state index is 0.0712. The second kappa shape index (κ2) is 16.7. The largest absolute Gasteiger partial charge is 0.497 e. The fourth-order valence-corrected chi connectivity index (χ4v) is 2.70. The van der Waals surface area contributed by atoms with E-state index in [9.17, 15) is 14.4 Å². The number of furan rings is 1. The number of methoxy groups -OCH3 is 1. The van der Waals surface area contributed by atoms with E-state index in [0.717, 1.165) is 11.1 Å². The zero-order valence-electron chi connectivity index (χ0n) is 21.0. The van der Waals surface area contributed by atoms with Gasteiger partial charge >= 0.3 is 0 Å². The molecule has 1 heterocycles. The third-order valence-corrected chi connectivity index (χ3v) is 4.19. The van der Waals surface area contributed by atoms with Crippen LogP contribution in [0.25, 0.3) is 11.3 Å². The van der Waals surface area contributed by atoms with Gasteiger partial charge < -0.3 is 29.9 Å². The molecular weight excluding hydrogens is 446 g/mol. The maximum atomic E-state index is 12.3. The van der Waals surface area contributed by atoms with Crippen LogP contribution in [0, 0.1) is 0 Å². The summed E-state index contributed by atoms with van der Waals surface area (Å²) in [5.41, 5.74) is 2.20. The van der Waals surface area contributed by atoms with Crippen molar-refractivity contribution in [2.24, 2.45) is 0 Å². The molecule has 3 rings (SSSR count). The Kier molecular flexibility index (Phi) is 13.9. The van der Waals surface area contributed by atoms with E-state index in [1.165, 1.54) is 6.42 Å². The fraction of sp³-hybridized carbons (Fsp3) is 0.296. The molecule has 1 aromatic heterocycles. The van der Waals surface area contributed by atoms with Crippen molar-refractivity contribution in [1.29, 1.82) is 0 Å². The van der Waals surface area contributed by atoms with Gasteiger partial charge in [0.05, 0.1) is 13.7 Å². The predicted molar refractivity (Wildman–Crippen MR) is 138 cm³/mol. The van der Waals surface area contributed by atoms with Crippen LogP contribution < -0.4 is 20.7 Å². The quantitative estimate of drug-likeness (QED) is 0.419. The molecule has 3 N–H and O–H groups in total. The molecule has 0 aliphatic rings. The summed E-state index contributed by atoms with van der Waals surface area (Å²) in [5.74, 6) is 0.688. The molecule has 0 aliphatic heterocycles. The lowest BCUT2D eigenvalue weighted by atomic mass is 10.1. The van der Waals surface area contributed by atoms with E-state index in [0.29, 0.717) is 29.9 Å². The third-order valence-electron chi connectivity index (χ3n) is 4.19. The minimum Gasteiger partial charge on any atom is -0.497 e. The number of aldehydes is 1. The summed E-state index contributed by atoms with van der Waals surface area (Å²) < 4.78 is 10.7. The number of rotatable bonds is 8. The van der Waals surface area contributed by atoms with E-state index < -0.39 is 5.91 Å². The Morgan fingerprint density at radius 1 is 0.943 bits per heavy atom. The standard InChI is InChI=1S/C22H20N2O5.C3H8.C2H7N/c1-28-18-7-5-16(6-8-18)21(26)24-14-15-3-2-4-17(13-15)19-9-10-20(29-19)22(27)23-11-12-25;2*1-3-2/h2-10,12-13H,11,14H2,1H3,(H,23,27)(H,24,26);3H2,1-2H3;3H,1-2H3. The van der Waals surface area contributed by atoms with Crippen LogP contribution in [-0.2, 0) is 11.3 Å². The van der Waals surface area contributed by atoms with E-state index in [-0.39, 0.29) is 18.2 Å². The molecule has 0 saturated carbocycles. The number of carbonyl (C=O) groups is 3. The van der Waals surface area contributed by atoms with Gasteiger partial charge in [-0.15, -0.1) is 0 Å². The van der Waals surface area contributed by atoms with E-state index in [1.807, 2.05) is 38.4 Å². The maximum absolute atomic E-state index is 12.3. The lowest BCUT2D eigenvalue weighted by Gasteiger charge is -2.07. The fourth-order valence-electron chi connectivity index (χ4n) is 2.70. The maximum Gasteiger partial charge on any atom is 0.287 e. The summed E-state index contributed by atoms with van der Waals surface area (Å²) in [5, 5.41) is 8.04. The van der Waals surface area contributed by atoms with Gasteiger partial charge in [-0.1, -0.05) is 38.5 Å². The number of hydrogen-bond donors (Lipinski definition) is 3.